The highest BCUT2D eigenvalue weighted by Crippen LogP contribution is 2.31. The van der Waals surface area contributed by atoms with Crippen LogP contribution < -0.4 is 5.32 Å². The number of rotatable bonds is 3. The SMILES string of the molecule is O=C(NC1CCN(C(=O)C2CC2)CC1)c1ccc(I)cc1. The van der Waals surface area contributed by atoms with Gasteiger partial charge in [0.25, 0.3) is 5.91 Å². The minimum Gasteiger partial charge on any atom is -0.349 e. The Morgan fingerprint density at radius 1 is 1.05 bits per heavy atom. The second-order valence-electron chi connectivity index (χ2n) is 5.85. The Morgan fingerprint density at radius 3 is 2.24 bits per heavy atom. The summed E-state index contributed by atoms with van der Waals surface area (Å²) in [5.41, 5.74) is 0.701. The van der Waals surface area contributed by atoms with Gasteiger partial charge in [0.05, 0.1) is 0 Å². The second-order valence-corrected chi connectivity index (χ2v) is 7.10. The van der Waals surface area contributed by atoms with E-state index in [2.05, 4.69) is 27.9 Å². The molecule has 1 aliphatic heterocycles. The standard InChI is InChI=1S/C16H19IN2O2/c17-13-5-3-11(4-6-13)15(20)18-14-7-9-19(10-8-14)16(21)12-1-2-12/h3-6,12,14H,1-2,7-10H2,(H,18,20). The lowest BCUT2D eigenvalue weighted by molar-refractivity contribution is -0.133. The van der Waals surface area contributed by atoms with E-state index >= 15 is 0 Å². The molecule has 1 heterocycles. The molecule has 0 radical (unpaired) electrons. The van der Waals surface area contributed by atoms with Crippen molar-refractivity contribution < 1.29 is 9.59 Å². The van der Waals surface area contributed by atoms with Gasteiger partial charge in [0, 0.05) is 34.2 Å². The first kappa shape index (κ1) is 14.8. The fourth-order valence-electron chi connectivity index (χ4n) is 2.70. The Kier molecular flexibility index (Phi) is 4.47. The maximum absolute atomic E-state index is 12.2. The van der Waals surface area contributed by atoms with E-state index in [0.29, 0.717) is 17.4 Å². The van der Waals surface area contributed by atoms with Crippen molar-refractivity contribution in [3.63, 3.8) is 0 Å². The Morgan fingerprint density at radius 2 is 1.67 bits per heavy atom. The van der Waals surface area contributed by atoms with Crippen molar-refractivity contribution in [3.05, 3.63) is 33.4 Å². The van der Waals surface area contributed by atoms with Gasteiger partial charge >= 0.3 is 0 Å². The van der Waals surface area contributed by atoms with Gasteiger partial charge in [0.15, 0.2) is 0 Å². The number of hydrogen-bond donors (Lipinski definition) is 1. The molecule has 112 valence electrons. The number of nitrogens with zero attached hydrogens (tertiary/aromatic N) is 1. The number of hydrogen-bond acceptors (Lipinski definition) is 2. The predicted molar refractivity (Wildman–Crippen MR) is 89.0 cm³/mol. The smallest absolute Gasteiger partial charge is 0.251 e. The molecule has 21 heavy (non-hydrogen) atoms. The predicted octanol–water partition coefficient (Wildman–Crippen LogP) is 2.42. The Bertz CT molecular complexity index is 532. The summed E-state index contributed by atoms with van der Waals surface area (Å²) in [5.74, 6) is 0.596. The first-order valence-corrected chi connectivity index (χ1v) is 8.56. The fourth-order valence-corrected chi connectivity index (χ4v) is 3.06. The van der Waals surface area contributed by atoms with Crippen molar-refractivity contribution in [2.45, 2.75) is 31.7 Å². The van der Waals surface area contributed by atoms with Crippen LogP contribution in [0.25, 0.3) is 0 Å². The molecule has 1 aromatic rings. The van der Waals surface area contributed by atoms with Crippen LogP contribution in [-0.4, -0.2) is 35.8 Å². The van der Waals surface area contributed by atoms with E-state index in [1.54, 1.807) is 0 Å². The van der Waals surface area contributed by atoms with Gasteiger partial charge in [-0.05, 0) is 72.5 Å². The molecule has 1 saturated carbocycles. The third-order valence-corrected chi connectivity index (χ3v) is 4.89. The molecular formula is C16H19IN2O2. The summed E-state index contributed by atoms with van der Waals surface area (Å²) in [7, 11) is 0. The van der Waals surface area contributed by atoms with Gasteiger partial charge in [-0.25, -0.2) is 0 Å². The third kappa shape index (κ3) is 3.75. The zero-order valence-corrected chi connectivity index (χ0v) is 14.0. The van der Waals surface area contributed by atoms with Crippen LogP contribution in [0.3, 0.4) is 0 Å². The molecule has 0 atom stereocenters. The number of amides is 2. The molecule has 2 amide bonds. The maximum atomic E-state index is 12.2. The van der Waals surface area contributed by atoms with Crippen molar-refractivity contribution in [3.8, 4) is 0 Å². The number of piperidine rings is 1. The van der Waals surface area contributed by atoms with E-state index in [4.69, 9.17) is 0 Å². The minimum atomic E-state index is -0.0154. The topological polar surface area (TPSA) is 49.4 Å². The van der Waals surface area contributed by atoms with E-state index in [-0.39, 0.29) is 11.9 Å². The summed E-state index contributed by atoms with van der Waals surface area (Å²) in [5, 5.41) is 3.08. The lowest BCUT2D eigenvalue weighted by Gasteiger charge is -2.32. The fraction of sp³-hybridized carbons (Fsp3) is 0.500. The second kappa shape index (κ2) is 6.34. The van der Waals surface area contributed by atoms with Crippen molar-refractivity contribution in [1.29, 1.82) is 0 Å². The summed E-state index contributed by atoms with van der Waals surface area (Å²) < 4.78 is 1.12. The molecule has 5 heteroatoms. The highest BCUT2D eigenvalue weighted by Gasteiger charge is 2.35. The highest BCUT2D eigenvalue weighted by molar-refractivity contribution is 14.1. The molecule has 3 rings (SSSR count). The molecule has 4 nitrogen and oxygen atoms in total. The number of likely N-dealkylation sites (tertiary alicyclic amines) is 1. The summed E-state index contributed by atoms with van der Waals surface area (Å²) in [6.45, 7) is 1.54. The largest absolute Gasteiger partial charge is 0.349 e. The molecule has 1 aliphatic carbocycles. The van der Waals surface area contributed by atoms with E-state index in [1.165, 1.54) is 0 Å². The van der Waals surface area contributed by atoms with Crippen LogP contribution in [-0.2, 0) is 4.79 Å². The van der Waals surface area contributed by atoms with Gasteiger partial charge in [0.1, 0.15) is 0 Å². The quantitative estimate of drug-likeness (QED) is 0.796. The van der Waals surface area contributed by atoms with Crippen LogP contribution in [0.5, 0.6) is 0 Å². The first-order valence-electron chi connectivity index (χ1n) is 7.49. The van der Waals surface area contributed by atoms with Gasteiger partial charge in [-0.15, -0.1) is 0 Å². The van der Waals surface area contributed by atoms with Crippen molar-refractivity contribution in [2.24, 2.45) is 5.92 Å². The normalized spacial score (nSPS) is 19.4. The molecule has 2 aliphatic rings. The number of carbonyl (C=O) groups is 2. The summed E-state index contributed by atoms with van der Waals surface area (Å²) >= 11 is 2.22. The third-order valence-electron chi connectivity index (χ3n) is 4.17. The van der Waals surface area contributed by atoms with E-state index in [0.717, 1.165) is 42.3 Å². The number of benzene rings is 1. The molecule has 1 aromatic carbocycles. The minimum absolute atomic E-state index is 0.0154. The van der Waals surface area contributed by atoms with Crippen molar-refractivity contribution in [2.75, 3.05) is 13.1 Å². The molecular weight excluding hydrogens is 379 g/mol. The van der Waals surface area contributed by atoms with Crippen LogP contribution in [0.1, 0.15) is 36.0 Å². The van der Waals surface area contributed by atoms with Gasteiger partial charge in [0.2, 0.25) is 5.91 Å². The average Bonchev–Trinajstić information content (AvgIpc) is 3.32. The van der Waals surface area contributed by atoms with Gasteiger partial charge in [-0.3, -0.25) is 9.59 Å². The monoisotopic (exact) mass is 398 g/mol. The highest BCUT2D eigenvalue weighted by atomic mass is 127. The number of carbonyl (C=O) groups excluding carboxylic acids is 2. The zero-order valence-electron chi connectivity index (χ0n) is 11.8. The van der Waals surface area contributed by atoms with Crippen molar-refractivity contribution in [1.82, 2.24) is 10.2 Å². The maximum Gasteiger partial charge on any atom is 0.251 e. The summed E-state index contributed by atoms with van der Waals surface area (Å²) in [6, 6.07) is 7.75. The molecule has 0 unspecified atom stereocenters. The first-order chi connectivity index (χ1) is 10.1. The lowest BCUT2D eigenvalue weighted by Crippen LogP contribution is -2.47. The van der Waals surface area contributed by atoms with Gasteiger partial charge in [-0.1, -0.05) is 0 Å². The van der Waals surface area contributed by atoms with Crippen LogP contribution in [0.2, 0.25) is 0 Å². The van der Waals surface area contributed by atoms with Crippen LogP contribution >= 0.6 is 22.6 Å². The van der Waals surface area contributed by atoms with E-state index in [9.17, 15) is 9.59 Å². The Balaban J connectivity index is 1.49. The summed E-state index contributed by atoms with van der Waals surface area (Å²) in [6.07, 6.45) is 3.83. The zero-order chi connectivity index (χ0) is 14.8. The van der Waals surface area contributed by atoms with Crippen molar-refractivity contribution >= 4 is 34.4 Å². The van der Waals surface area contributed by atoms with Crippen LogP contribution in [0, 0.1) is 9.49 Å². The molecule has 0 spiro atoms. The Hall–Kier alpha value is -1.11. The van der Waals surface area contributed by atoms with E-state index in [1.807, 2.05) is 29.2 Å². The molecule has 1 N–H and O–H groups in total. The van der Waals surface area contributed by atoms with Gasteiger partial charge in [-0.2, -0.15) is 0 Å². The Labute approximate surface area is 138 Å². The summed E-state index contributed by atoms with van der Waals surface area (Å²) in [4.78, 5) is 26.1. The molecule has 2 fully saturated rings. The molecule has 0 aromatic heterocycles. The number of halogens is 1. The average molecular weight is 398 g/mol. The number of nitrogens with one attached hydrogen (secondary N) is 1. The molecule has 1 saturated heterocycles. The molecule has 0 bridgehead atoms. The van der Waals surface area contributed by atoms with E-state index < -0.39 is 0 Å². The van der Waals surface area contributed by atoms with Crippen LogP contribution in [0.4, 0.5) is 0 Å². The van der Waals surface area contributed by atoms with Gasteiger partial charge < -0.3 is 10.2 Å². The lowest BCUT2D eigenvalue weighted by atomic mass is 10.0. The van der Waals surface area contributed by atoms with Crippen LogP contribution in [0.15, 0.2) is 24.3 Å².